The van der Waals surface area contributed by atoms with E-state index >= 15 is 0 Å². The maximum Gasteiger partial charge on any atom is 0.372 e. The number of imidazole rings is 1. The van der Waals surface area contributed by atoms with Gasteiger partial charge in [0.15, 0.2) is 0 Å². The Labute approximate surface area is 78.6 Å². The zero-order valence-corrected chi connectivity index (χ0v) is 7.36. The molecule has 0 unspecified atom stereocenters. The Balaban J connectivity index is 2.84. The molecule has 0 atom stereocenters. The standard InChI is InChI=1S/C9H7FN2O2/c1-5-7-4-6(10)2-3-12(7)8(11-5)9(13)14/h2-4H,1H3,(H,13,14). The lowest BCUT2D eigenvalue weighted by atomic mass is 10.3. The van der Waals surface area contributed by atoms with Crippen LogP contribution in [-0.2, 0) is 0 Å². The Morgan fingerprint density at radius 2 is 2.36 bits per heavy atom. The highest BCUT2D eigenvalue weighted by Gasteiger charge is 2.13. The third kappa shape index (κ3) is 1.14. The van der Waals surface area contributed by atoms with Crippen molar-refractivity contribution in [3.05, 3.63) is 35.7 Å². The molecular weight excluding hydrogens is 187 g/mol. The highest BCUT2D eigenvalue weighted by molar-refractivity contribution is 5.85. The topological polar surface area (TPSA) is 54.6 Å². The summed E-state index contributed by atoms with van der Waals surface area (Å²) >= 11 is 0. The van der Waals surface area contributed by atoms with Gasteiger partial charge in [0.2, 0.25) is 5.82 Å². The predicted molar refractivity (Wildman–Crippen MR) is 46.8 cm³/mol. The number of carbonyl (C=O) groups is 1. The number of aromatic carboxylic acids is 1. The number of aromatic nitrogens is 2. The van der Waals surface area contributed by atoms with Crippen molar-refractivity contribution in [2.75, 3.05) is 0 Å². The molecule has 2 aromatic heterocycles. The molecule has 14 heavy (non-hydrogen) atoms. The average molecular weight is 194 g/mol. The van der Waals surface area contributed by atoms with Crippen LogP contribution in [0.3, 0.4) is 0 Å². The molecule has 0 bridgehead atoms. The lowest BCUT2D eigenvalue weighted by Gasteiger charge is -1.95. The number of hydrogen-bond acceptors (Lipinski definition) is 2. The van der Waals surface area contributed by atoms with E-state index in [1.807, 2.05) is 0 Å². The molecule has 0 aliphatic heterocycles. The van der Waals surface area contributed by atoms with E-state index in [0.717, 1.165) is 0 Å². The Morgan fingerprint density at radius 3 is 3.00 bits per heavy atom. The number of rotatable bonds is 1. The second-order valence-electron chi connectivity index (χ2n) is 2.93. The predicted octanol–water partition coefficient (Wildman–Crippen LogP) is 1.48. The van der Waals surface area contributed by atoms with Crippen LogP contribution in [0.15, 0.2) is 18.3 Å². The van der Waals surface area contributed by atoms with E-state index < -0.39 is 11.8 Å². The summed E-state index contributed by atoms with van der Waals surface area (Å²) in [4.78, 5) is 14.6. The summed E-state index contributed by atoms with van der Waals surface area (Å²) in [5, 5.41) is 8.79. The van der Waals surface area contributed by atoms with Crippen LogP contribution in [0.2, 0.25) is 0 Å². The minimum Gasteiger partial charge on any atom is -0.475 e. The second-order valence-corrected chi connectivity index (χ2v) is 2.93. The molecule has 0 amide bonds. The van der Waals surface area contributed by atoms with Gasteiger partial charge < -0.3 is 5.11 Å². The molecule has 0 spiro atoms. The number of halogens is 1. The maximum absolute atomic E-state index is 12.8. The van der Waals surface area contributed by atoms with Crippen LogP contribution in [0.1, 0.15) is 16.3 Å². The van der Waals surface area contributed by atoms with Crippen LogP contribution in [-0.4, -0.2) is 20.5 Å². The SMILES string of the molecule is Cc1nc(C(=O)O)n2ccc(F)cc12. The average Bonchev–Trinajstić information content (AvgIpc) is 2.44. The van der Waals surface area contributed by atoms with Crippen molar-refractivity contribution < 1.29 is 14.3 Å². The molecule has 0 aliphatic carbocycles. The number of carboxylic acid groups (broad SMARTS) is 1. The van der Waals surface area contributed by atoms with Gasteiger partial charge in [-0.2, -0.15) is 0 Å². The minimum absolute atomic E-state index is 0.0995. The highest BCUT2D eigenvalue weighted by atomic mass is 19.1. The number of pyridine rings is 1. The summed E-state index contributed by atoms with van der Waals surface area (Å²) < 4.78 is 14.2. The lowest BCUT2D eigenvalue weighted by Crippen LogP contribution is -2.03. The Kier molecular flexibility index (Phi) is 1.73. The summed E-state index contributed by atoms with van der Waals surface area (Å²) in [7, 11) is 0. The van der Waals surface area contributed by atoms with Crippen molar-refractivity contribution in [1.82, 2.24) is 9.38 Å². The molecule has 2 aromatic rings. The Hall–Kier alpha value is -1.91. The van der Waals surface area contributed by atoms with Gasteiger partial charge in [0.05, 0.1) is 11.2 Å². The third-order valence-corrected chi connectivity index (χ3v) is 1.98. The monoisotopic (exact) mass is 194 g/mol. The van der Waals surface area contributed by atoms with Gasteiger partial charge in [-0.3, -0.25) is 4.40 Å². The molecule has 72 valence electrons. The number of carboxylic acids is 1. The van der Waals surface area contributed by atoms with E-state index in [9.17, 15) is 9.18 Å². The highest BCUT2D eigenvalue weighted by Crippen LogP contribution is 2.13. The quantitative estimate of drug-likeness (QED) is 0.748. The van der Waals surface area contributed by atoms with Gasteiger partial charge in [-0.25, -0.2) is 14.2 Å². The molecule has 0 radical (unpaired) electrons. The van der Waals surface area contributed by atoms with Gasteiger partial charge in [-0.15, -0.1) is 0 Å². The summed E-state index contributed by atoms with van der Waals surface area (Å²) in [6.45, 7) is 1.64. The molecule has 0 aliphatic rings. The van der Waals surface area contributed by atoms with E-state index in [2.05, 4.69) is 4.98 Å². The van der Waals surface area contributed by atoms with Crippen molar-refractivity contribution in [2.24, 2.45) is 0 Å². The van der Waals surface area contributed by atoms with Crippen molar-refractivity contribution in [2.45, 2.75) is 6.92 Å². The van der Waals surface area contributed by atoms with E-state index in [1.54, 1.807) is 6.92 Å². The molecule has 0 aromatic carbocycles. The fourth-order valence-corrected chi connectivity index (χ4v) is 1.36. The summed E-state index contributed by atoms with van der Waals surface area (Å²) in [6, 6.07) is 2.45. The number of aryl methyl sites for hydroxylation is 1. The Morgan fingerprint density at radius 1 is 1.64 bits per heavy atom. The first-order valence-electron chi connectivity index (χ1n) is 3.97. The minimum atomic E-state index is -1.13. The molecule has 2 rings (SSSR count). The maximum atomic E-state index is 12.8. The smallest absolute Gasteiger partial charge is 0.372 e. The van der Waals surface area contributed by atoms with Gasteiger partial charge >= 0.3 is 5.97 Å². The normalized spacial score (nSPS) is 10.7. The molecular formula is C9H7FN2O2. The number of nitrogens with zero attached hydrogens (tertiary/aromatic N) is 2. The van der Waals surface area contributed by atoms with Crippen molar-refractivity contribution in [3.63, 3.8) is 0 Å². The van der Waals surface area contributed by atoms with Crippen molar-refractivity contribution >= 4 is 11.5 Å². The van der Waals surface area contributed by atoms with Crippen LogP contribution < -0.4 is 0 Å². The Bertz CT molecular complexity index is 519. The van der Waals surface area contributed by atoms with Gasteiger partial charge in [0.1, 0.15) is 5.82 Å². The first-order valence-corrected chi connectivity index (χ1v) is 3.97. The van der Waals surface area contributed by atoms with Crippen LogP contribution in [0.5, 0.6) is 0 Å². The molecule has 0 saturated heterocycles. The van der Waals surface area contributed by atoms with E-state index in [-0.39, 0.29) is 5.82 Å². The summed E-state index contributed by atoms with van der Waals surface area (Å²) in [5.74, 6) is -1.63. The third-order valence-electron chi connectivity index (χ3n) is 1.98. The molecule has 4 nitrogen and oxygen atoms in total. The van der Waals surface area contributed by atoms with Gasteiger partial charge in [0, 0.05) is 6.20 Å². The van der Waals surface area contributed by atoms with Crippen LogP contribution in [0, 0.1) is 12.7 Å². The fraction of sp³-hybridized carbons (Fsp3) is 0.111. The van der Waals surface area contributed by atoms with Crippen LogP contribution in [0.25, 0.3) is 5.52 Å². The largest absolute Gasteiger partial charge is 0.475 e. The first kappa shape index (κ1) is 8.68. The summed E-state index contributed by atoms with van der Waals surface area (Å²) in [5.41, 5.74) is 0.976. The van der Waals surface area contributed by atoms with Crippen molar-refractivity contribution in [1.29, 1.82) is 0 Å². The molecule has 0 fully saturated rings. The van der Waals surface area contributed by atoms with Crippen LogP contribution in [0.4, 0.5) is 4.39 Å². The molecule has 5 heteroatoms. The van der Waals surface area contributed by atoms with E-state index in [0.29, 0.717) is 11.2 Å². The molecule has 0 saturated carbocycles. The van der Waals surface area contributed by atoms with E-state index in [4.69, 9.17) is 5.11 Å². The zero-order valence-electron chi connectivity index (χ0n) is 7.36. The number of fused-ring (bicyclic) bond motifs is 1. The number of hydrogen-bond donors (Lipinski definition) is 1. The van der Waals surface area contributed by atoms with Gasteiger partial charge in [-0.1, -0.05) is 0 Å². The van der Waals surface area contributed by atoms with Gasteiger partial charge in [-0.05, 0) is 19.1 Å². The van der Waals surface area contributed by atoms with Crippen molar-refractivity contribution in [3.8, 4) is 0 Å². The van der Waals surface area contributed by atoms with Gasteiger partial charge in [0.25, 0.3) is 0 Å². The lowest BCUT2D eigenvalue weighted by molar-refractivity contribution is 0.0682. The molecule has 2 heterocycles. The molecule has 1 N–H and O–H groups in total. The second kappa shape index (κ2) is 2.80. The fourth-order valence-electron chi connectivity index (χ4n) is 1.36. The van der Waals surface area contributed by atoms with Crippen LogP contribution >= 0.6 is 0 Å². The summed E-state index contributed by atoms with van der Waals surface area (Å²) in [6.07, 6.45) is 1.36. The van der Waals surface area contributed by atoms with E-state index in [1.165, 1.54) is 22.7 Å². The first-order chi connectivity index (χ1) is 6.59. The zero-order chi connectivity index (χ0) is 10.3.